The summed E-state index contributed by atoms with van der Waals surface area (Å²) in [6, 6.07) is 14.6. The zero-order valence-electron chi connectivity index (χ0n) is 17.3. The molecule has 1 saturated heterocycles. The Balaban J connectivity index is 1.32. The van der Waals surface area contributed by atoms with Crippen molar-refractivity contribution in [1.29, 1.82) is 0 Å². The van der Waals surface area contributed by atoms with Gasteiger partial charge in [0.2, 0.25) is 0 Å². The number of nitrogens with zero attached hydrogens (tertiary/aromatic N) is 2. The Morgan fingerprint density at radius 2 is 1.66 bits per heavy atom. The second-order valence-corrected chi connectivity index (χ2v) is 8.53. The Kier molecular flexibility index (Phi) is 8.09. The van der Waals surface area contributed by atoms with E-state index in [-0.39, 0.29) is 12.5 Å². The number of hydrogen-bond acceptors (Lipinski definition) is 4. The van der Waals surface area contributed by atoms with Crippen molar-refractivity contribution in [2.45, 2.75) is 20.4 Å². The van der Waals surface area contributed by atoms with Crippen molar-refractivity contribution in [1.82, 2.24) is 15.1 Å². The van der Waals surface area contributed by atoms with Crippen LogP contribution >= 0.6 is 15.9 Å². The monoisotopic (exact) mass is 459 g/mol. The molecule has 1 amide bonds. The van der Waals surface area contributed by atoms with Crippen LogP contribution in [0.3, 0.4) is 0 Å². The zero-order chi connectivity index (χ0) is 20.6. The molecule has 5 nitrogen and oxygen atoms in total. The predicted molar refractivity (Wildman–Crippen MR) is 120 cm³/mol. The number of carbonyl (C=O) groups excluding carboxylic acids is 1. The smallest absolute Gasteiger partial charge is 0.257 e. The molecule has 2 aromatic carbocycles. The molecule has 0 atom stereocenters. The molecular formula is C23H30BrN3O2. The average molecular weight is 460 g/mol. The van der Waals surface area contributed by atoms with Crippen LogP contribution < -0.4 is 10.1 Å². The van der Waals surface area contributed by atoms with Gasteiger partial charge in [-0.15, -0.1) is 0 Å². The zero-order valence-corrected chi connectivity index (χ0v) is 18.9. The lowest BCUT2D eigenvalue weighted by molar-refractivity contribution is -0.123. The number of hydrogen-bond donors (Lipinski definition) is 1. The number of amides is 1. The molecule has 1 fully saturated rings. The Morgan fingerprint density at radius 1 is 1.03 bits per heavy atom. The van der Waals surface area contributed by atoms with Gasteiger partial charge >= 0.3 is 0 Å². The summed E-state index contributed by atoms with van der Waals surface area (Å²) in [7, 11) is 0. The maximum absolute atomic E-state index is 12.1. The van der Waals surface area contributed by atoms with Gasteiger partial charge in [0.05, 0.1) is 0 Å². The summed E-state index contributed by atoms with van der Waals surface area (Å²) in [4.78, 5) is 17.0. The van der Waals surface area contributed by atoms with Gasteiger partial charge in [-0.3, -0.25) is 14.6 Å². The van der Waals surface area contributed by atoms with Crippen molar-refractivity contribution >= 4 is 21.8 Å². The molecule has 0 bridgehead atoms. The summed E-state index contributed by atoms with van der Waals surface area (Å²) >= 11 is 3.48. The first kappa shape index (κ1) is 21.8. The van der Waals surface area contributed by atoms with Crippen molar-refractivity contribution in [2.24, 2.45) is 0 Å². The van der Waals surface area contributed by atoms with Gasteiger partial charge in [0.25, 0.3) is 5.91 Å². The maximum atomic E-state index is 12.1. The van der Waals surface area contributed by atoms with Gasteiger partial charge in [0, 0.05) is 50.3 Å². The highest BCUT2D eigenvalue weighted by Gasteiger charge is 2.17. The molecule has 1 aliphatic heterocycles. The third-order valence-electron chi connectivity index (χ3n) is 5.24. The van der Waals surface area contributed by atoms with E-state index in [9.17, 15) is 4.79 Å². The van der Waals surface area contributed by atoms with E-state index in [0.717, 1.165) is 60.6 Å². The molecule has 1 heterocycles. The van der Waals surface area contributed by atoms with E-state index < -0.39 is 0 Å². The standard InChI is InChI=1S/C23H30BrN3O2/c1-18-14-21(24)15-19(2)23(18)29-17-22(28)25-8-9-26-10-12-27(13-11-26)16-20-6-4-3-5-7-20/h3-7,14-15H,8-13,16-17H2,1-2H3,(H,25,28). The van der Waals surface area contributed by atoms with E-state index in [1.807, 2.05) is 26.0 Å². The number of piperazine rings is 1. The second kappa shape index (κ2) is 10.8. The highest BCUT2D eigenvalue weighted by molar-refractivity contribution is 9.10. The molecular weight excluding hydrogens is 430 g/mol. The Bertz CT molecular complexity index is 782. The number of benzene rings is 2. The van der Waals surface area contributed by atoms with Crippen LogP contribution in [-0.2, 0) is 11.3 Å². The Labute approximate surface area is 182 Å². The number of nitrogens with one attached hydrogen (secondary N) is 1. The topological polar surface area (TPSA) is 44.8 Å². The molecule has 2 aromatic rings. The minimum Gasteiger partial charge on any atom is -0.483 e. The number of ether oxygens (including phenoxy) is 1. The molecule has 0 unspecified atom stereocenters. The Hall–Kier alpha value is -1.89. The summed E-state index contributed by atoms with van der Waals surface area (Å²) in [6.07, 6.45) is 0. The van der Waals surface area contributed by atoms with Gasteiger partial charge in [-0.2, -0.15) is 0 Å². The van der Waals surface area contributed by atoms with Crippen molar-refractivity contribution in [3.63, 3.8) is 0 Å². The lowest BCUT2D eigenvalue weighted by Gasteiger charge is -2.34. The second-order valence-electron chi connectivity index (χ2n) is 7.61. The van der Waals surface area contributed by atoms with Crippen LogP contribution in [0, 0.1) is 13.8 Å². The molecule has 1 N–H and O–H groups in total. The minimum absolute atomic E-state index is 0.0498. The van der Waals surface area contributed by atoms with Crippen molar-refractivity contribution in [2.75, 3.05) is 45.9 Å². The van der Waals surface area contributed by atoms with Gasteiger partial charge in [0.15, 0.2) is 6.61 Å². The SMILES string of the molecule is Cc1cc(Br)cc(C)c1OCC(=O)NCCN1CCN(Cc2ccccc2)CC1. The van der Waals surface area contributed by atoms with E-state index in [2.05, 4.69) is 61.4 Å². The average Bonchev–Trinajstić information content (AvgIpc) is 2.69. The van der Waals surface area contributed by atoms with Gasteiger partial charge in [0.1, 0.15) is 5.75 Å². The fraction of sp³-hybridized carbons (Fsp3) is 0.435. The molecule has 156 valence electrons. The van der Waals surface area contributed by atoms with Crippen LogP contribution in [0.2, 0.25) is 0 Å². The third-order valence-corrected chi connectivity index (χ3v) is 5.69. The van der Waals surface area contributed by atoms with Gasteiger partial charge in [-0.25, -0.2) is 0 Å². The molecule has 0 aromatic heterocycles. The number of carbonyl (C=O) groups is 1. The van der Waals surface area contributed by atoms with E-state index >= 15 is 0 Å². The van der Waals surface area contributed by atoms with Crippen LogP contribution in [0.5, 0.6) is 5.75 Å². The summed E-state index contributed by atoms with van der Waals surface area (Å²) in [6.45, 7) is 10.8. The maximum Gasteiger partial charge on any atom is 0.257 e. The molecule has 0 saturated carbocycles. The molecule has 0 spiro atoms. The van der Waals surface area contributed by atoms with Gasteiger partial charge in [-0.05, 0) is 42.7 Å². The van der Waals surface area contributed by atoms with Crippen LogP contribution in [0.15, 0.2) is 46.9 Å². The van der Waals surface area contributed by atoms with E-state index in [0.29, 0.717) is 6.54 Å². The van der Waals surface area contributed by atoms with Crippen LogP contribution in [-0.4, -0.2) is 61.6 Å². The molecule has 0 radical (unpaired) electrons. The largest absolute Gasteiger partial charge is 0.483 e. The predicted octanol–water partition coefficient (Wildman–Crippen LogP) is 3.38. The molecule has 1 aliphatic rings. The molecule has 29 heavy (non-hydrogen) atoms. The number of aryl methyl sites for hydroxylation is 2. The minimum atomic E-state index is -0.0746. The molecule has 0 aliphatic carbocycles. The van der Waals surface area contributed by atoms with Gasteiger partial charge in [-0.1, -0.05) is 46.3 Å². The van der Waals surface area contributed by atoms with Crippen LogP contribution in [0.1, 0.15) is 16.7 Å². The normalized spacial score (nSPS) is 15.3. The first-order valence-corrected chi connectivity index (χ1v) is 11.0. The summed E-state index contributed by atoms with van der Waals surface area (Å²) in [5.41, 5.74) is 3.42. The summed E-state index contributed by atoms with van der Waals surface area (Å²) in [5, 5.41) is 2.97. The van der Waals surface area contributed by atoms with Gasteiger partial charge < -0.3 is 10.1 Å². The first-order valence-electron chi connectivity index (χ1n) is 10.2. The summed E-state index contributed by atoms with van der Waals surface area (Å²) in [5.74, 6) is 0.715. The lowest BCUT2D eigenvalue weighted by Crippen LogP contribution is -2.48. The lowest BCUT2D eigenvalue weighted by atomic mass is 10.1. The van der Waals surface area contributed by atoms with E-state index in [4.69, 9.17) is 4.74 Å². The third kappa shape index (κ3) is 6.84. The fourth-order valence-electron chi connectivity index (χ4n) is 3.68. The quantitative estimate of drug-likeness (QED) is 0.656. The molecule has 3 rings (SSSR count). The highest BCUT2D eigenvalue weighted by Crippen LogP contribution is 2.27. The van der Waals surface area contributed by atoms with Crippen molar-refractivity contribution < 1.29 is 9.53 Å². The van der Waals surface area contributed by atoms with Crippen molar-refractivity contribution in [3.05, 3.63) is 63.6 Å². The fourth-order valence-corrected chi connectivity index (χ4v) is 4.37. The molecule has 6 heteroatoms. The van der Waals surface area contributed by atoms with E-state index in [1.54, 1.807) is 0 Å². The highest BCUT2D eigenvalue weighted by atomic mass is 79.9. The van der Waals surface area contributed by atoms with Crippen LogP contribution in [0.4, 0.5) is 0 Å². The Morgan fingerprint density at radius 3 is 2.31 bits per heavy atom. The number of rotatable bonds is 8. The van der Waals surface area contributed by atoms with E-state index in [1.165, 1.54) is 5.56 Å². The van der Waals surface area contributed by atoms with Crippen molar-refractivity contribution in [3.8, 4) is 5.75 Å². The first-order chi connectivity index (χ1) is 14.0. The van der Waals surface area contributed by atoms with Crippen LogP contribution in [0.25, 0.3) is 0 Å². The summed E-state index contributed by atoms with van der Waals surface area (Å²) < 4.78 is 6.77. The number of halogens is 1.